The van der Waals surface area contributed by atoms with Crippen LogP contribution in [0, 0.1) is 0 Å². The van der Waals surface area contributed by atoms with Crippen LogP contribution in [0.25, 0.3) is 0 Å². The van der Waals surface area contributed by atoms with Crippen molar-refractivity contribution in [3.8, 4) is 0 Å². The molecule has 0 aromatic rings. The summed E-state index contributed by atoms with van der Waals surface area (Å²) in [6, 6.07) is 0. The van der Waals surface area contributed by atoms with Crippen molar-refractivity contribution in [2.75, 3.05) is 7.11 Å². The summed E-state index contributed by atoms with van der Waals surface area (Å²) < 4.78 is 29.7. The van der Waals surface area contributed by atoms with Crippen molar-refractivity contribution >= 4 is 10.4 Å². The van der Waals surface area contributed by atoms with Crippen molar-refractivity contribution in [2.45, 2.75) is 44.6 Å². The van der Waals surface area contributed by atoms with Crippen LogP contribution < -0.4 is 5.73 Å². The molecule has 0 aliphatic carbocycles. The van der Waals surface area contributed by atoms with Crippen LogP contribution in [0.3, 0.4) is 0 Å². The standard InChI is InChI=1S/C7H17NO3.CH4O4S/c1-4(9)7(8,5(2)10)6(3)11;1-5-6(2,3)4/h4-6,9-11H,8H2,1-3H3;1H3,(H,2,3,4). The van der Waals surface area contributed by atoms with Gasteiger partial charge in [0, 0.05) is 0 Å². The highest BCUT2D eigenvalue weighted by Gasteiger charge is 2.40. The first-order valence-corrected chi connectivity index (χ1v) is 6.12. The Morgan fingerprint density at radius 2 is 1.24 bits per heavy atom. The van der Waals surface area contributed by atoms with Gasteiger partial charge in [-0.3, -0.25) is 8.74 Å². The van der Waals surface area contributed by atoms with E-state index in [0.29, 0.717) is 0 Å². The molecule has 0 aliphatic heterocycles. The van der Waals surface area contributed by atoms with E-state index in [1.54, 1.807) is 0 Å². The quantitative estimate of drug-likeness (QED) is 0.379. The monoisotopic (exact) mass is 275 g/mol. The van der Waals surface area contributed by atoms with Crippen molar-refractivity contribution in [1.82, 2.24) is 0 Å². The number of aliphatic hydroxyl groups excluding tert-OH is 3. The highest BCUT2D eigenvalue weighted by Crippen LogP contribution is 2.17. The molecule has 0 aliphatic rings. The fourth-order valence-electron chi connectivity index (χ4n) is 1.05. The van der Waals surface area contributed by atoms with E-state index in [1.165, 1.54) is 20.8 Å². The second-order valence-electron chi connectivity index (χ2n) is 3.62. The van der Waals surface area contributed by atoms with Crippen LogP contribution in [0.15, 0.2) is 0 Å². The van der Waals surface area contributed by atoms with E-state index in [9.17, 15) is 8.42 Å². The van der Waals surface area contributed by atoms with Gasteiger partial charge in [0.15, 0.2) is 0 Å². The summed E-state index contributed by atoms with van der Waals surface area (Å²) in [7, 11) is -3.29. The van der Waals surface area contributed by atoms with Gasteiger partial charge in [-0.25, -0.2) is 0 Å². The maximum atomic E-state index is 9.33. The van der Waals surface area contributed by atoms with Gasteiger partial charge in [-0.05, 0) is 20.8 Å². The van der Waals surface area contributed by atoms with Crippen molar-refractivity contribution in [2.24, 2.45) is 5.73 Å². The summed E-state index contributed by atoms with van der Waals surface area (Å²) in [4.78, 5) is 0. The van der Waals surface area contributed by atoms with Gasteiger partial charge in [0.1, 0.15) is 0 Å². The van der Waals surface area contributed by atoms with Crippen molar-refractivity contribution in [1.29, 1.82) is 0 Å². The Morgan fingerprint density at radius 1 is 1.06 bits per heavy atom. The highest BCUT2D eigenvalue weighted by atomic mass is 32.3. The summed E-state index contributed by atoms with van der Waals surface area (Å²) in [5, 5.41) is 27.5. The maximum Gasteiger partial charge on any atom is 0.397 e. The minimum absolute atomic E-state index is 0.870. The Labute approximate surface area is 101 Å². The fourth-order valence-corrected chi connectivity index (χ4v) is 1.05. The van der Waals surface area contributed by atoms with E-state index in [1.807, 2.05) is 0 Å². The largest absolute Gasteiger partial charge is 0.397 e. The van der Waals surface area contributed by atoms with Gasteiger partial charge in [0.2, 0.25) is 0 Å². The molecule has 9 heteroatoms. The molecular formula is C8H21NO7S. The highest BCUT2D eigenvalue weighted by molar-refractivity contribution is 7.80. The van der Waals surface area contributed by atoms with E-state index in [2.05, 4.69) is 4.18 Å². The summed E-state index contributed by atoms with van der Waals surface area (Å²) in [5.41, 5.74) is 4.24. The molecule has 0 rings (SSSR count). The Morgan fingerprint density at radius 3 is 1.24 bits per heavy atom. The van der Waals surface area contributed by atoms with Crippen LogP contribution in [-0.4, -0.2) is 59.3 Å². The minimum Gasteiger partial charge on any atom is -0.391 e. The third-order valence-corrected chi connectivity index (χ3v) is 2.80. The predicted molar refractivity (Wildman–Crippen MR) is 60.5 cm³/mol. The third-order valence-electron chi connectivity index (χ3n) is 2.38. The van der Waals surface area contributed by atoms with E-state index < -0.39 is 34.2 Å². The van der Waals surface area contributed by atoms with Crippen molar-refractivity contribution < 1.29 is 32.5 Å². The molecule has 0 amide bonds. The lowest BCUT2D eigenvalue weighted by Gasteiger charge is -2.37. The van der Waals surface area contributed by atoms with Crippen LogP contribution in [0.2, 0.25) is 0 Å². The lowest BCUT2D eigenvalue weighted by atomic mass is 9.84. The molecule has 0 bridgehead atoms. The second-order valence-corrected chi connectivity index (χ2v) is 4.81. The summed E-state index contributed by atoms with van der Waals surface area (Å²) in [6.07, 6.45) is -2.83. The topological polar surface area (TPSA) is 150 Å². The molecule has 8 nitrogen and oxygen atoms in total. The molecule has 0 heterocycles. The average molecular weight is 275 g/mol. The molecule has 3 atom stereocenters. The summed E-state index contributed by atoms with van der Waals surface area (Å²) in [5.74, 6) is 0. The SMILES string of the molecule is CC(O)C(N)(C(C)O)C(C)O.COS(=O)(=O)O. The summed E-state index contributed by atoms with van der Waals surface area (Å²) >= 11 is 0. The number of nitrogens with two attached hydrogens (primary N) is 1. The number of rotatable bonds is 4. The minimum atomic E-state index is -4.16. The molecule has 17 heavy (non-hydrogen) atoms. The first-order valence-electron chi connectivity index (χ1n) is 4.75. The first-order chi connectivity index (χ1) is 7.39. The van der Waals surface area contributed by atoms with Crippen molar-refractivity contribution in [3.63, 3.8) is 0 Å². The molecule has 0 radical (unpaired) electrons. The smallest absolute Gasteiger partial charge is 0.391 e. The van der Waals surface area contributed by atoms with Gasteiger partial charge in [-0.15, -0.1) is 0 Å². The van der Waals surface area contributed by atoms with E-state index >= 15 is 0 Å². The van der Waals surface area contributed by atoms with Crippen LogP contribution in [0.1, 0.15) is 20.8 Å². The van der Waals surface area contributed by atoms with E-state index in [4.69, 9.17) is 25.6 Å². The number of aliphatic hydroxyl groups is 3. The molecular weight excluding hydrogens is 254 g/mol. The van der Waals surface area contributed by atoms with Crippen LogP contribution in [0.5, 0.6) is 0 Å². The lowest BCUT2D eigenvalue weighted by molar-refractivity contribution is -0.0590. The molecule has 0 spiro atoms. The summed E-state index contributed by atoms with van der Waals surface area (Å²) in [6.45, 7) is 4.33. The number of hydrogen-bond donors (Lipinski definition) is 5. The zero-order valence-corrected chi connectivity index (χ0v) is 11.0. The van der Waals surface area contributed by atoms with Gasteiger partial charge in [0.05, 0.1) is 31.0 Å². The fraction of sp³-hybridized carbons (Fsp3) is 1.00. The lowest BCUT2D eigenvalue weighted by Crippen LogP contribution is -2.64. The van der Waals surface area contributed by atoms with Gasteiger partial charge < -0.3 is 21.1 Å². The average Bonchev–Trinajstić information content (AvgIpc) is 2.15. The molecule has 3 unspecified atom stereocenters. The van der Waals surface area contributed by atoms with E-state index in [0.717, 1.165) is 7.11 Å². The van der Waals surface area contributed by atoms with Gasteiger partial charge in [-0.2, -0.15) is 8.42 Å². The normalized spacial score (nSPS) is 20.5. The van der Waals surface area contributed by atoms with Crippen LogP contribution in [0.4, 0.5) is 0 Å². The van der Waals surface area contributed by atoms with Gasteiger partial charge in [0.25, 0.3) is 0 Å². The Kier molecular flexibility index (Phi) is 8.09. The molecule has 106 valence electrons. The predicted octanol–water partition coefficient (Wildman–Crippen LogP) is -1.74. The first kappa shape index (κ1) is 19.1. The van der Waals surface area contributed by atoms with Gasteiger partial charge >= 0.3 is 10.4 Å². The molecule has 0 aromatic carbocycles. The Balaban J connectivity index is 0. The molecule has 0 aromatic heterocycles. The Hall–Kier alpha value is -0.290. The maximum absolute atomic E-state index is 9.33. The van der Waals surface area contributed by atoms with Gasteiger partial charge in [-0.1, -0.05) is 0 Å². The molecule has 0 fully saturated rings. The zero-order valence-electron chi connectivity index (χ0n) is 10.2. The zero-order chi connectivity index (χ0) is 14.4. The van der Waals surface area contributed by atoms with Crippen molar-refractivity contribution in [3.05, 3.63) is 0 Å². The van der Waals surface area contributed by atoms with E-state index in [-0.39, 0.29) is 0 Å². The second kappa shape index (κ2) is 7.21. The van der Waals surface area contributed by atoms with Crippen LogP contribution >= 0.6 is 0 Å². The Bertz CT molecular complexity index is 277. The molecule has 6 N–H and O–H groups in total. The molecule has 0 saturated heterocycles. The number of hydrogen-bond acceptors (Lipinski definition) is 7. The third kappa shape index (κ3) is 6.88. The van der Waals surface area contributed by atoms with Crippen LogP contribution in [-0.2, 0) is 14.6 Å². The molecule has 0 saturated carbocycles.